The van der Waals surface area contributed by atoms with Crippen LogP contribution < -0.4 is 5.32 Å². The maximum Gasteiger partial charge on any atom is 0.154 e. The second-order valence-corrected chi connectivity index (χ2v) is 8.29. The quantitative estimate of drug-likeness (QED) is 0.832. The van der Waals surface area contributed by atoms with Gasteiger partial charge in [0.2, 0.25) is 0 Å². The summed E-state index contributed by atoms with van der Waals surface area (Å²) in [7, 11) is -1.01. The van der Waals surface area contributed by atoms with Crippen LogP contribution in [0.5, 0.6) is 0 Å². The molecule has 2 rings (SSSR count). The van der Waals surface area contributed by atoms with Crippen molar-refractivity contribution in [2.24, 2.45) is 7.05 Å². The van der Waals surface area contributed by atoms with Crippen LogP contribution in [0.25, 0.3) is 0 Å². The second-order valence-electron chi connectivity index (χ2n) is 5.95. The SMILES string of the molecule is CCCNC(CCc1ccnn1C)C1CCCCS1(=O)=O. The van der Waals surface area contributed by atoms with Gasteiger partial charge in [0.1, 0.15) is 0 Å². The van der Waals surface area contributed by atoms with Gasteiger partial charge in [-0.25, -0.2) is 8.42 Å². The van der Waals surface area contributed by atoms with Crippen LogP contribution in [0.15, 0.2) is 12.3 Å². The molecule has 0 spiro atoms. The standard InChI is InChI=1S/C15H27N3O2S/c1-3-10-16-14(8-7-13-9-11-17-18(13)2)15-6-4-5-12-21(15,19)20/h9,11,14-16H,3-8,10,12H2,1-2H3. The minimum absolute atomic E-state index is 0.0603. The summed E-state index contributed by atoms with van der Waals surface area (Å²) in [5.74, 6) is 0.355. The van der Waals surface area contributed by atoms with Gasteiger partial charge in [0.05, 0.1) is 11.0 Å². The number of aryl methyl sites for hydroxylation is 2. The van der Waals surface area contributed by atoms with Gasteiger partial charge in [-0.05, 0) is 44.7 Å². The van der Waals surface area contributed by atoms with E-state index in [1.54, 1.807) is 6.20 Å². The van der Waals surface area contributed by atoms with Gasteiger partial charge in [-0.1, -0.05) is 13.3 Å². The first-order valence-electron chi connectivity index (χ1n) is 7.96. The predicted molar refractivity (Wildman–Crippen MR) is 85.0 cm³/mol. The molecule has 1 aliphatic rings. The van der Waals surface area contributed by atoms with Crippen molar-refractivity contribution in [3.63, 3.8) is 0 Å². The lowest BCUT2D eigenvalue weighted by molar-refractivity contribution is 0.414. The number of nitrogens with one attached hydrogen (secondary N) is 1. The molecular weight excluding hydrogens is 286 g/mol. The monoisotopic (exact) mass is 313 g/mol. The summed E-state index contributed by atoms with van der Waals surface area (Å²) < 4.78 is 26.6. The fourth-order valence-corrected chi connectivity index (χ4v) is 5.30. The van der Waals surface area contributed by atoms with E-state index in [1.165, 1.54) is 0 Å². The molecule has 0 bridgehead atoms. The summed E-state index contributed by atoms with van der Waals surface area (Å²) in [6.45, 7) is 2.99. The van der Waals surface area contributed by atoms with E-state index in [4.69, 9.17) is 0 Å². The van der Waals surface area contributed by atoms with Crippen molar-refractivity contribution in [2.45, 2.75) is 56.7 Å². The third-order valence-corrected chi connectivity index (χ3v) is 6.71. The zero-order valence-corrected chi connectivity index (χ0v) is 13.9. The summed E-state index contributed by atoms with van der Waals surface area (Å²) in [5, 5.41) is 7.43. The van der Waals surface area contributed by atoms with Crippen molar-refractivity contribution in [1.29, 1.82) is 0 Å². The molecule has 0 radical (unpaired) electrons. The molecule has 2 atom stereocenters. The number of sulfone groups is 1. The topological polar surface area (TPSA) is 64.0 Å². The molecule has 0 aromatic carbocycles. The smallest absolute Gasteiger partial charge is 0.154 e. The Labute approximate surface area is 128 Å². The lowest BCUT2D eigenvalue weighted by Gasteiger charge is -2.31. The maximum atomic E-state index is 12.4. The molecule has 0 saturated carbocycles. The van der Waals surface area contributed by atoms with Gasteiger partial charge >= 0.3 is 0 Å². The highest BCUT2D eigenvalue weighted by atomic mass is 32.2. The van der Waals surface area contributed by atoms with Crippen LogP contribution in [0.2, 0.25) is 0 Å². The van der Waals surface area contributed by atoms with Crippen LogP contribution in [-0.4, -0.2) is 41.8 Å². The second kappa shape index (κ2) is 7.40. The summed E-state index contributed by atoms with van der Waals surface area (Å²) in [5.41, 5.74) is 1.16. The Balaban J connectivity index is 2.04. The molecule has 2 unspecified atom stereocenters. The molecule has 1 fully saturated rings. The summed E-state index contributed by atoms with van der Waals surface area (Å²) >= 11 is 0. The van der Waals surface area contributed by atoms with Crippen LogP contribution in [0.1, 0.15) is 44.7 Å². The Morgan fingerprint density at radius 1 is 1.48 bits per heavy atom. The Kier molecular flexibility index (Phi) is 5.81. The number of hydrogen-bond acceptors (Lipinski definition) is 4. The van der Waals surface area contributed by atoms with E-state index < -0.39 is 9.84 Å². The van der Waals surface area contributed by atoms with Gasteiger partial charge in [0, 0.05) is 25.0 Å². The molecule has 6 heteroatoms. The number of hydrogen-bond donors (Lipinski definition) is 1. The van der Waals surface area contributed by atoms with Gasteiger partial charge < -0.3 is 5.32 Å². The summed E-state index contributed by atoms with van der Waals surface area (Å²) in [6, 6.07) is 2.07. The number of rotatable bonds is 7. The van der Waals surface area contributed by atoms with Crippen LogP contribution >= 0.6 is 0 Å². The highest BCUT2D eigenvalue weighted by Crippen LogP contribution is 2.24. The van der Waals surface area contributed by atoms with Gasteiger partial charge in [-0.3, -0.25) is 4.68 Å². The first-order valence-corrected chi connectivity index (χ1v) is 9.68. The zero-order chi connectivity index (χ0) is 15.3. The first kappa shape index (κ1) is 16.5. The van der Waals surface area contributed by atoms with E-state index in [9.17, 15) is 8.42 Å². The van der Waals surface area contributed by atoms with E-state index >= 15 is 0 Å². The third-order valence-electron chi connectivity index (χ3n) is 4.37. The van der Waals surface area contributed by atoms with E-state index in [0.29, 0.717) is 5.75 Å². The van der Waals surface area contributed by atoms with Gasteiger partial charge in [0.25, 0.3) is 0 Å². The molecule has 0 amide bonds. The molecule has 1 aromatic heterocycles. The van der Waals surface area contributed by atoms with Crippen molar-refractivity contribution in [1.82, 2.24) is 15.1 Å². The van der Waals surface area contributed by atoms with Crippen molar-refractivity contribution in [3.05, 3.63) is 18.0 Å². The van der Waals surface area contributed by atoms with Crippen LogP contribution in [0.4, 0.5) is 0 Å². The van der Waals surface area contributed by atoms with Crippen LogP contribution in [-0.2, 0) is 23.3 Å². The lowest BCUT2D eigenvalue weighted by Crippen LogP contribution is -2.47. The van der Waals surface area contributed by atoms with Crippen LogP contribution in [0, 0.1) is 0 Å². The van der Waals surface area contributed by atoms with E-state index in [2.05, 4.69) is 17.3 Å². The first-order chi connectivity index (χ1) is 10.0. The Morgan fingerprint density at radius 3 is 2.90 bits per heavy atom. The van der Waals surface area contributed by atoms with Crippen molar-refractivity contribution in [2.75, 3.05) is 12.3 Å². The molecule has 2 heterocycles. The van der Waals surface area contributed by atoms with Gasteiger partial charge in [-0.2, -0.15) is 5.10 Å². The average molecular weight is 313 g/mol. The fourth-order valence-electron chi connectivity index (χ4n) is 3.13. The zero-order valence-electron chi connectivity index (χ0n) is 13.1. The third kappa shape index (κ3) is 4.30. The minimum atomic E-state index is -2.94. The van der Waals surface area contributed by atoms with E-state index in [-0.39, 0.29) is 11.3 Å². The molecule has 120 valence electrons. The van der Waals surface area contributed by atoms with Crippen LogP contribution in [0.3, 0.4) is 0 Å². The minimum Gasteiger partial charge on any atom is -0.313 e. The fraction of sp³-hybridized carbons (Fsp3) is 0.800. The molecule has 1 N–H and O–H groups in total. The Morgan fingerprint density at radius 2 is 2.29 bits per heavy atom. The van der Waals surface area contributed by atoms with Crippen molar-refractivity contribution >= 4 is 9.84 Å². The van der Waals surface area contributed by atoms with Gasteiger partial charge in [0.15, 0.2) is 9.84 Å². The normalized spacial score (nSPS) is 23.0. The lowest BCUT2D eigenvalue weighted by atomic mass is 10.0. The molecule has 0 aliphatic carbocycles. The van der Waals surface area contributed by atoms with Crippen molar-refractivity contribution < 1.29 is 8.42 Å². The molecular formula is C15H27N3O2S. The van der Waals surface area contributed by atoms with E-state index in [1.807, 2.05) is 17.8 Å². The summed E-state index contributed by atoms with van der Waals surface area (Å²) in [4.78, 5) is 0. The van der Waals surface area contributed by atoms with Crippen molar-refractivity contribution in [3.8, 4) is 0 Å². The molecule has 1 aliphatic heterocycles. The highest BCUT2D eigenvalue weighted by molar-refractivity contribution is 7.92. The predicted octanol–water partition coefficient (Wildman–Crippen LogP) is 1.69. The van der Waals surface area contributed by atoms with E-state index in [0.717, 1.165) is 50.8 Å². The molecule has 21 heavy (non-hydrogen) atoms. The Hall–Kier alpha value is -0.880. The maximum absolute atomic E-state index is 12.4. The number of aromatic nitrogens is 2. The van der Waals surface area contributed by atoms with Gasteiger partial charge in [-0.15, -0.1) is 0 Å². The largest absolute Gasteiger partial charge is 0.313 e. The molecule has 5 nitrogen and oxygen atoms in total. The number of nitrogens with zero attached hydrogens (tertiary/aromatic N) is 2. The summed E-state index contributed by atoms with van der Waals surface area (Å²) in [6.07, 6.45) is 7.18. The Bertz CT molecular complexity index is 539. The molecule has 1 saturated heterocycles. The molecule has 1 aromatic rings. The highest BCUT2D eigenvalue weighted by Gasteiger charge is 2.34. The average Bonchev–Trinajstić information content (AvgIpc) is 2.85.